The lowest BCUT2D eigenvalue weighted by molar-refractivity contribution is -0.138. The first-order chi connectivity index (χ1) is 4.68. The number of nitrogens with two attached hydrogens (primary N) is 2. The second-order valence-corrected chi connectivity index (χ2v) is 2.23. The van der Waals surface area contributed by atoms with E-state index in [1.807, 2.05) is 0 Å². The Kier molecular flexibility index (Phi) is 9.40. The molecule has 0 saturated carbocycles. The van der Waals surface area contributed by atoms with Gasteiger partial charge in [0.15, 0.2) is 0 Å². The molecule has 0 rings (SSSR count). The van der Waals surface area contributed by atoms with Crippen LogP contribution in [0.4, 0.5) is 0 Å². The Morgan fingerprint density at radius 3 is 2.36 bits per heavy atom. The van der Waals surface area contributed by atoms with Crippen molar-refractivity contribution >= 4 is 18.4 Å². The first-order valence-electron chi connectivity index (χ1n) is 3.37. The third kappa shape index (κ3) is 7.58. The van der Waals surface area contributed by atoms with Gasteiger partial charge in [0.05, 0.1) is 0 Å². The van der Waals surface area contributed by atoms with Crippen molar-refractivity contribution in [1.82, 2.24) is 0 Å². The average molecular weight is 191 g/mol. The number of unbranched alkanes of at least 4 members (excludes halogenated alkanes) is 1. The van der Waals surface area contributed by atoms with E-state index in [1.165, 1.54) is 0 Å². The number of hydrogen-bond donors (Lipinski definition) is 3. The largest absolute Gasteiger partial charge is 0.480 e. The molecular formula is C6H15ClN2O2. The van der Waals surface area contributed by atoms with Crippen LogP contribution in [0.15, 0.2) is 0 Å². The van der Waals surface area contributed by atoms with E-state index in [0.717, 1.165) is 12.8 Å². The zero-order valence-corrected chi connectivity index (χ0v) is 7.14. The molecule has 5 N–H and O–H groups in total. The Morgan fingerprint density at radius 1 is 1.45 bits per heavy atom. The van der Waals surface area contributed by atoms with Gasteiger partial charge in [-0.3, -0.25) is 4.79 Å². The fourth-order valence-electron chi connectivity index (χ4n) is 0.632. The van der Waals surface area contributed by atoms with Gasteiger partial charge < -0.3 is 16.6 Å². The maximum Gasteiger partial charge on any atom is 0.320 e. The Labute approximate surface area is 72.4 Å². The number of carboxylic acids is 1. The normalized spacial score (nSPS) is 11.8. The van der Waals surface area contributed by atoms with Crippen LogP contribution in [0.3, 0.4) is 0 Å². The Morgan fingerprint density at radius 2 is 2.00 bits per heavy atom. The molecule has 4 nitrogen and oxygen atoms in total. The average Bonchev–Trinajstić information content (AvgIpc) is 1.88. The molecule has 0 bridgehead atoms. The van der Waals surface area contributed by atoms with E-state index in [9.17, 15) is 4.79 Å². The summed E-state index contributed by atoms with van der Waals surface area (Å²) in [6, 6.07) is -0.716. The minimum atomic E-state index is -0.933. The van der Waals surface area contributed by atoms with Crippen LogP contribution >= 0.6 is 12.4 Å². The van der Waals surface area contributed by atoms with E-state index < -0.39 is 12.0 Å². The smallest absolute Gasteiger partial charge is 0.320 e. The second kappa shape index (κ2) is 7.78. The van der Waals surface area contributed by atoms with Crippen molar-refractivity contribution in [3.63, 3.8) is 0 Å². The Hall–Kier alpha value is -0.320. The summed E-state index contributed by atoms with van der Waals surface area (Å²) in [5.74, 6) is -0.933. The maximum atomic E-state index is 10.1. The molecule has 0 heterocycles. The molecule has 0 aromatic carbocycles. The number of rotatable bonds is 5. The first kappa shape index (κ1) is 13.3. The standard InChI is InChI=1S/C6H14N2O2.ClH/c7-4-2-1-3-5(8)6(9)10;/h5H,1-4,7-8H2,(H,9,10);1H/t5-;/m0./s1/i1+1,2+1,3+1,4+1,5+1,6+1,7+1,8+1;. The molecule has 0 aliphatic rings. The molecule has 0 aromatic rings. The summed E-state index contributed by atoms with van der Waals surface area (Å²) >= 11 is 0. The van der Waals surface area contributed by atoms with E-state index in [4.69, 9.17) is 16.6 Å². The number of hydrogen-bond acceptors (Lipinski definition) is 3. The Balaban J connectivity index is 0. The molecule has 0 aliphatic heterocycles. The van der Waals surface area contributed by atoms with Crippen molar-refractivity contribution in [2.24, 2.45) is 11.5 Å². The van der Waals surface area contributed by atoms with Crippen molar-refractivity contribution in [2.45, 2.75) is 25.3 Å². The third-order valence-corrected chi connectivity index (χ3v) is 1.29. The summed E-state index contributed by atoms with van der Waals surface area (Å²) < 4.78 is 0. The van der Waals surface area contributed by atoms with Crippen LogP contribution in [0.2, 0.25) is 0 Å². The summed E-state index contributed by atoms with van der Waals surface area (Å²) in [6.45, 7) is 0.604. The zero-order chi connectivity index (χ0) is 7.98. The van der Waals surface area contributed by atoms with Crippen molar-refractivity contribution in [3.05, 3.63) is 0 Å². The van der Waals surface area contributed by atoms with Crippen molar-refractivity contribution in [3.8, 4) is 0 Å². The number of carbonyl (C=O) groups is 1. The topological polar surface area (TPSA) is 89.3 Å². The van der Waals surface area contributed by atoms with Crippen LogP contribution in [0.25, 0.3) is 0 Å². The quantitative estimate of drug-likeness (QED) is 0.322. The highest BCUT2D eigenvalue weighted by atomic mass is 35.5. The summed E-state index contributed by atoms with van der Waals surface area (Å²) in [5, 5.41) is 8.33. The molecule has 0 aliphatic carbocycles. The van der Waals surface area contributed by atoms with Crippen LogP contribution in [0, 0.1) is 0 Å². The van der Waals surface area contributed by atoms with Crippen molar-refractivity contribution < 1.29 is 9.90 Å². The summed E-state index contributed by atoms with van der Waals surface area (Å²) in [5.41, 5.74) is 10.4. The molecule has 0 spiro atoms. The van der Waals surface area contributed by atoms with Crippen LogP contribution in [-0.4, -0.2) is 23.7 Å². The SMILES string of the molecule is Cl.[15NH2][13CH2][13CH2][13CH2][13CH2][13C@H]([15NH2])[13C](=O)O. The zero-order valence-electron chi connectivity index (χ0n) is 6.32. The first-order valence-corrected chi connectivity index (χ1v) is 3.37. The van der Waals surface area contributed by atoms with Crippen LogP contribution < -0.4 is 11.5 Å². The Bertz CT molecular complexity index is 111. The monoisotopic (exact) mass is 190 g/mol. The van der Waals surface area contributed by atoms with Crippen molar-refractivity contribution in [1.29, 1.82) is 0 Å². The number of aliphatic carboxylic acids is 1. The summed E-state index contributed by atoms with van der Waals surface area (Å²) in [4.78, 5) is 10.1. The fourth-order valence-corrected chi connectivity index (χ4v) is 0.632. The molecule has 11 heavy (non-hydrogen) atoms. The van der Waals surface area contributed by atoms with Crippen LogP contribution in [-0.2, 0) is 4.79 Å². The summed E-state index contributed by atoms with van der Waals surface area (Å²) in [7, 11) is 0. The number of halogens is 1. The van der Waals surface area contributed by atoms with E-state index in [-0.39, 0.29) is 12.4 Å². The predicted octanol–water partition coefficient (Wildman–Crippen LogP) is -0.0509. The molecule has 1 atom stereocenters. The lowest BCUT2D eigenvalue weighted by atomic mass is 11.1. The van der Waals surface area contributed by atoms with Gasteiger partial charge in [-0.1, -0.05) is 6.42 Å². The highest BCUT2D eigenvalue weighted by molar-refractivity contribution is 5.85. The molecular weight excluding hydrogens is 175 g/mol. The van der Waals surface area contributed by atoms with Gasteiger partial charge in [0.25, 0.3) is 0 Å². The van der Waals surface area contributed by atoms with Gasteiger partial charge in [0.2, 0.25) is 0 Å². The highest BCUT2D eigenvalue weighted by Crippen LogP contribution is 1.96. The summed E-state index contributed by atoms with van der Waals surface area (Å²) in [6.07, 6.45) is 2.16. The molecule has 0 fully saturated rings. The van der Waals surface area contributed by atoms with Crippen LogP contribution in [0.1, 0.15) is 19.3 Å². The van der Waals surface area contributed by atoms with Gasteiger partial charge in [-0.25, -0.2) is 0 Å². The molecule has 0 saturated heterocycles. The van der Waals surface area contributed by atoms with E-state index in [0.29, 0.717) is 13.0 Å². The number of carboxylic acid groups (broad SMARTS) is 1. The highest BCUT2D eigenvalue weighted by Gasteiger charge is 2.09. The van der Waals surface area contributed by atoms with Crippen molar-refractivity contribution in [2.75, 3.05) is 6.54 Å². The van der Waals surface area contributed by atoms with Gasteiger partial charge in [-0.05, 0) is 19.4 Å². The van der Waals surface area contributed by atoms with Gasteiger partial charge >= 0.3 is 5.97 Å². The van der Waals surface area contributed by atoms with Gasteiger partial charge in [0, 0.05) is 0 Å². The predicted molar refractivity (Wildman–Crippen MR) is 45.8 cm³/mol. The maximum absolute atomic E-state index is 10.1. The second-order valence-electron chi connectivity index (χ2n) is 2.23. The lowest BCUT2D eigenvalue weighted by Gasteiger charge is -2.03. The van der Waals surface area contributed by atoms with Gasteiger partial charge in [0.1, 0.15) is 6.04 Å². The fraction of sp³-hybridized carbons (Fsp3) is 0.833. The van der Waals surface area contributed by atoms with E-state index in [2.05, 4.69) is 0 Å². The molecule has 5 heteroatoms. The minimum Gasteiger partial charge on any atom is -0.480 e. The van der Waals surface area contributed by atoms with E-state index >= 15 is 0 Å². The lowest BCUT2D eigenvalue weighted by Crippen LogP contribution is -2.29. The molecule has 68 valence electrons. The van der Waals surface area contributed by atoms with Gasteiger partial charge in [-0.15, -0.1) is 12.4 Å². The van der Waals surface area contributed by atoms with Crippen LogP contribution in [0.5, 0.6) is 0 Å². The van der Waals surface area contributed by atoms with E-state index in [1.54, 1.807) is 0 Å². The molecule has 0 unspecified atom stereocenters. The molecule has 0 amide bonds. The molecule has 0 aromatic heterocycles. The third-order valence-electron chi connectivity index (χ3n) is 1.29. The molecule has 0 radical (unpaired) electrons. The van der Waals surface area contributed by atoms with Gasteiger partial charge in [-0.2, -0.15) is 0 Å². The minimum absolute atomic E-state index is 0.